The second-order valence-electron chi connectivity index (χ2n) is 8.12. The zero-order valence-electron chi connectivity index (χ0n) is 21.2. The van der Waals surface area contributed by atoms with Gasteiger partial charge in [0.2, 0.25) is 5.16 Å². The predicted octanol–water partition coefficient (Wildman–Crippen LogP) is 4.62. The standard InChI is InChI=1S/C24H27F3N4O6S/c1-5-35-23(33)36-13-12-30(4)22(32)31-18-9-7-6-8-17(18)29-21(31)38(34)16(3)20-15(2)19(10-11-28-20)37-14-24(25,26)27/h6-11,16H,5,12-14H2,1-4H3. The second-order valence-corrected chi connectivity index (χ2v) is 9.78. The third-order valence-electron chi connectivity index (χ3n) is 5.43. The topological polar surface area (TPSA) is 113 Å². The summed E-state index contributed by atoms with van der Waals surface area (Å²) in [6, 6.07) is 7.43. The van der Waals surface area contributed by atoms with E-state index in [1.54, 1.807) is 38.1 Å². The summed E-state index contributed by atoms with van der Waals surface area (Å²) in [6.45, 7) is 3.28. The average molecular weight is 557 g/mol. The van der Waals surface area contributed by atoms with Gasteiger partial charge in [0, 0.05) is 18.8 Å². The number of rotatable bonds is 9. The quantitative estimate of drug-likeness (QED) is 0.351. The molecule has 0 radical (unpaired) electrons. The monoisotopic (exact) mass is 556 g/mol. The van der Waals surface area contributed by atoms with Crippen LogP contribution in [0.1, 0.15) is 30.4 Å². The Bertz CT molecular complexity index is 1330. The SMILES string of the molecule is CCOC(=O)OCCN(C)C(=O)n1c(S(=O)C(C)c2nccc(OCC(F)(F)F)c2C)nc2ccccc21. The minimum atomic E-state index is -4.52. The van der Waals surface area contributed by atoms with E-state index in [1.807, 2.05) is 0 Å². The molecule has 206 valence electrons. The van der Waals surface area contributed by atoms with Gasteiger partial charge < -0.3 is 19.1 Å². The smallest absolute Gasteiger partial charge is 0.484 e. The number of para-hydroxylation sites is 2. The summed E-state index contributed by atoms with van der Waals surface area (Å²) in [5, 5.41) is -0.921. The number of fused-ring (bicyclic) bond motifs is 1. The number of benzene rings is 1. The van der Waals surface area contributed by atoms with Crippen molar-refractivity contribution in [1.82, 2.24) is 19.4 Å². The van der Waals surface area contributed by atoms with E-state index in [0.717, 1.165) is 0 Å². The van der Waals surface area contributed by atoms with Crippen molar-refractivity contribution in [2.75, 3.05) is 33.4 Å². The first-order chi connectivity index (χ1) is 17.9. The molecule has 0 spiro atoms. The van der Waals surface area contributed by atoms with Crippen molar-refractivity contribution in [3.63, 3.8) is 0 Å². The van der Waals surface area contributed by atoms with Crippen molar-refractivity contribution in [1.29, 1.82) is 0 Å². The van der Waals surface area contributed by atoms with Crippen LogP contribution >= 0.6 is 0 Å². The highest BCUT2D eigenvalue weighted by Gasteiger charge is 2.31. The van der Waals surface area contributed by atoms with Gasteiger partial charge in [0.15, 0.2) is 6.61 Å². The van der Waals surface area contributed by atoms with Crippen molar-refractivity contribution in [3.8, 4) is 5.75 Å². The first-order valence-electron chi connectivity index (χ1n) is 11.5. The van der Waals surface area contributed by atoms with Crippen LogP contribution in [0.5, 0.6) is 5.75 Å². The highest BCUT2D eigenvalue weighted by molar-refractivity contribution is 7.85. The molecule has 1 amide bonds. The Kier molecular flexibility index (Phi) is 9.31. The molecular weight excluding hydrogens is 529 g/mol. The van der Waals surface area contributed by atoms with E-state index in [9.17, 15) is 27.0 Å². The fraction of sp³-hybridized carbons (Fsp3) is 0.417. The molecular formula is C24H27F3N4O6S. The molecule has 1 aromatic carbocycles. The number of alkyl halides is 3. The highest BCUT2D eigenvalue weighted by Crippen LogP contribution is 2.32. The molecule has 0 saturated heterocycles. The van der Waals surface area contributed by atoms with Gasteiger partial charge in [0.05, 0.1) is 45.9 Å². The van der Waals surface area contributed by atoms with Crippen LogP contribution in [0.4, 0.5) is 22.8 Å². The average Bonchev–Trinajstić information content (AvgIpc) is 3.26. The summed E-state index contributed by atoms with van der Waals surface area (Å²) in [7, 11) is -0.476. The van der Waals surface area contributed by atoms with Crippen molar-refractivity contribution < 1.29 is 41.2 Å². The van der Waals surface area contributed by atoms with Crippen LogP contribution in [0.3, 0.4) is 0 Å². The van der Waals surface area contributed by atoms with Gasteiger partial charge in [0.25, 0.3) is 0 Å². The molecule has 0 fully saturated rings. The maximum Gasteiger partial charge on any atom is 0.508 e. The van der Waals surface area contributed by atoms with Gasteiger partial charge in [-0.05, 0) is 39.0 Å². The Morgan fingerprint density at radius 3 is 2.58 bits per heavy atom. The highest BCUT2D eigenvalue weighted by atomic mass is 32.2. The second kappa shape index (κ2) is 12.2. The first kappa shape index (κ1) is 28.9. The number of hydrogen-bond donors (Lipinski definition) is 0. The van der Waals surface area contributed by atoms with E-state index in [0.29, 0.717) is 16.6 Å². The van der Waals surface area contributed by atoms with Crippen LogP contribution in [0.2, 0.25) is 0 Å². The number of aromatic nitrogens is 3. The number of halogens is 3. The van der Waals surface area contributed by atoms with Crippen LogP contribution in [0.25, 0.3) is 11.0 Å². The van der Waals surface area contributed by atoms with Crippen molar-refractivity contribution in [2.45, 2.75) is 37.4 Å². The molecule has 38 heavy (non-hydrogen) atoms. The Morgan fingerprint density at radius 1 is 1.18 bits per heavy atom. The number of nitrogens with zero attached hydrogens (tertiary/aromatic N) is 4. The number of likely N-dealkylation sites (N-methyl/N-ethyl adjacent to an activating group) is 1. The molecule has 2 heterocycles. The fourth-order valence-corrected chi connectivity index (χ4v) is 4.84. The summed E-state index contributed by atoms with van der Waals surface area (Å²) in [6.07, 6.45) is -4.11. The minimum absolute atomic E-state index is 0.0189. The third-order valence-corrected chi connectivity index (χ3v) is 6.93. The minimum Gasteiger partial charge on any atom is -0.484 e. The van der Waals surface area contributed by atoms with E-state index in [1.165, 1.54) is 35.7 Å². The summed E-state index contributed by atoms with van der Waals surface area (Å²) in [5.74, 6) is -0.0397. The maximum atomic E-state index is 13.7. The third kappa shape index (κ3) is 6.79. The lowest BCUT2D eigenvalue weighted by molar-refractivity contribution is -0.153. The summed E-state index contributed by atoms with van der Waals surface area (Å²) >= 11 is 0. The zero-order chi connectivity index (χ0) is 28.0. The van der Waals surface area contributed by atoms with Crippen LogP contribution in [0, 0.1) is 6.92 Å². The molecule has 0 N–H and O–H groups in total. The van der Waals surface area contributed by atoms with E-state index in [-0.39, 0.29) is 36.4 Å². The molecule has 2 atom stereocenters. The molecule has 2 unspecified atom stereocenters. The van der Waals surface area contributed by atoms with E-state index in [2.05, 4.69) is 9.97 Å². The van der Waals surface area contributed by atoms with Gasteiger partial charge in [-0.1, -0.05) is 12.1 Å². The number of amides is 1. The lowest BCUT2D eigenvalue weighted by Crippen LogP contribution is -2.35. The Balaban J connectivity index is 1.90. The summed E-state index contributed by atoms with van der Waals surface area (Å²) in [4.78, 5) is 34.7. The van der Waals surface area contributed by atoms with E-state index in [4.69, 9.17) is 14.2 Å². The van der Waals surface area contributed by atoms with Gasteiger partial charge in [-0.2, -0.15) is 13.2 Å². The van der Waals surface area contributed by atoms with Crippen molar-refractivity contribution >= 4 is 34.0 Å². The summed E-state index contributed by atoms with van der Waals surface area (Å²) < 4.78 is 67.4. The van der Waals surface area contributed by atoms with Gasteiger partial charge in [-0.3, -0.25) is 9.19 Å². The normalized spacial score (nSPS) is 13.1. The molecule has 2 aromatic heterocycles. The number of carbonyl (C=O) groups excluding carboxylic acids is 2. The van der Waals surface area contributed by atoms with Gasteiger partial charge in [-0.25, -0.2) is 19.1 Å². The molecule has 0 bridgehead atoms. The van der Waals surface area contributed by atoms with Crippen LogP contribution in [-0.4, -0.2) is 75.4 Å². The number of ether oxygens (including phenoxy) is 3. The zero-order valence-corrected chi connectivity index (χ0v) is 22.0. The van der Waals surface area contributed by atoms with Crippen LogP contribution < -0.4 is 4.74 Å². The van der Waals surface area contributed by atoms with Gasteiger partial charge in [0.1, 0.15) is 12.4 Å². The maximum absolute atomic E-state index is 13.7. The van der Waals surface area contributed by atoms with Gasteiger partial charge >= 0.3 is 18.4 Å². The largest absolute Gasteiger partial charge is 0.508 e. The molecule has 3 aromatic rings. The first-order valence-corrected chi connectivity index (χ1v) is 12.7. The number of imidazole rings is 1. The van der Waals surface area contributed by atoms with Crippen LogP contribution in [-0.2, 0) is 20.3 Å². The summed E-state index contributed by atoms with van der Waals surface area (Å²) in [5.41, 5.74) is 1.35. The van der Waals surface area contributed by atoms with Crippen LogP contribution in [0.15, 0.2) is 41.7 Å². The van der Waals surface area contributed by atoms with Gasteiger partial charge in [-0.15, -0.1) is 0 Å². The molecule has 14 heteroatoms. The number of pyridine rings is 1. The van der Waals surface area contributed by atoms with Crippen molar-refractivity contribution in [2.24, 2.45) is 0 Å². The molecule has 0 aliphatic heterocycles. The lowest BCUT2D eigenvalue weighted by Gasteiger charge is -2.20. The van der Waals surface area contributed by atoms with E-state index >= 15 is 0 Å². The molecule has 10 nitrogen and oxygen atoms in total. The Morgan fingerprint density at radius 2 is 1.89 bits per heavy atom. The fourth-order valence-electron chi connectivity index (χ4n) is 3.53. The van der Waals surface area contributed by atoms with Crippen molar-refractivity contribution in [3.05, 3.63) is 47.8 Å². The number of hydrogen-bond acceptors (Lipinski definition) is 8. The lowest BCUT2D eigenvalue weighted by atomic mass is 10.1. The Labute approximate surface area is 219 Å². The predicted molar refractivity (Wildman–Crippen MR) is 131 cm³/mol. The Hall–Kier alpha value is -3.68. The molecule has 0 aliphatic rings. The molecule has 0 aliphatic carbocycles. The number of carbonyl (C=O) groups is 2. The van der Waals surface area contributed by atoms with E-state index < -0.39 is 41.0 Å². The molecule has 3 rings (SSSR count). The molecule has 0 saturated carbocycles.